The second kappa shape index (κ2) is 6.06. The van der Waals surface area contributed by atoms with Crippen molar-refractivity contribution in [3.8, 4) is 17.2 Å². The van der Waals surface area contributed by atoms with E-state index in [2.05, 4.69) is 0 Å². The Balaban J connectivity index is 2.16. The smallest absolute Gasteiger partial charge is 0.309 e. The van der Waals surface area contributed by atoms with Gasteiger partial charge in [0.25, 0.3) is 0 Å². The van der Waals surface area contributed by atoms with E-state index in [0.29, 0.717) is 11.5 Å². The van der Waals surface area contributed by atoms with Crippen LogP contribution in [0.2, 0.25) is 0 Å². The van der Waals surface area contributed by atoms with E-state index in [-0.39, 0.29) is 24.6 Å². The first kappa shape index (κ1) is 17.0. The number of hydrogen-bond donors (Lipinski definition) is 0. The molecule has 0 N–H and O–H groups in total. The van der Waals surface area contributed by atoms with E-state index in [4.69, 9.17) is 23.7 Å². The number of aryl methyl sites for hydroxylation is 1. The molecule has 2 aromatic rings. The predicted molar refractivity (Wildman–Crippen MR) is 95.1 cm³/mol. The molecule has 3 atom stereocenters. The summed E-state index contributed by atoms with van der Waals surface area (Å²) in [5.41, 5.74) is 2.66. The third-order valence-electron chi connectivity index (χ3n) is 5.25. The van der Waals surface area contributed by atoms with Gasteiger partial charge >= 0.3 is 5.97 Å². The van der Waals surface area contributed by atoms with Crippen LogP contribution in [0.25, 0.3) is 10.8 Å². The summed E-state index contributed by atoms with van der Waals surface area (Å²) in [5.74, 6) is 1.80. The van der Waals surface area contributed by atoms with Crippen molar-refractivity contribution in [1.82, 2.24) is 0 Å². The van der Waals surface area contributed by atoms with Gasteiger partial charge in [-0.3, -0.25) is 4.79 Å². The zero-order chi connectivity index (χ0) is 18.6. The predicted octanol–water partition coefficient (Wildman–Crippen LogP) is 3.62. The fourth-order valence-corrected chi connectivity index (χ4v) is 4.24. The topological polar surface area (TPSA) is 63.2 Å². The molecule has 0 unspecified atom stereocenters. The van der Waals surface area contributed by atoms with Crippen LogP contribution in [0.5, 0.6) is 17.2 Å². The second-order valence-corrected chi connectivity index (χ2v) is 6.66. The van der Waals surface area contributed by atoms with E-state index in [1.165, 1.54) is 0 Å². The van der Waals surface area contributed by atoms with Gasteiger partial charge in [0, 0.05) is 16.5 Å². The molecule has 2 aliphatic rings. The third kappa shape index (κ3) is 2.18. The number of methoxy groups -OCH3 is 3. The van der Waals surface area contributed by atoms with Crippen molar-refractivity contribution in [2.75, 3.05) is 21.3 Å². The highest BCUT2D eigenvalue weighted by Gasteiger charge is 2.47. The van der Waals surface area contributed by atoms with Gasteiger partial charge in [0.2, 0.25) is 0 Å². The van der Waals surface area contributed by atoms with Gasteiger partial charge < -0.3 is 23.7 Å². The largest absolute Gasteiger partial charge is 0.496 e. The highest BCUT2D eigenvalue weighted by Crippen LogP contribution is 2.55. The maximum Gasteiger partial charge on any atom is 0.309 e. The Morgan fingerprint density at radius 3 is 2.35 bits per heavy atom. The van der Waals surface area contributed by atoms with Gasteiger partial charge in [-0.15, -0.1) is 0 Å². The summed E-state index contributed by atoms with van der Waals surface area (Å²) in [6, 6.07) is 3.98. The van der Waals surface area contributed by atoms with Crippen LogP contribution in [0.15, 0.2) is 12.1 Å². The molecule has 6 nitrogen and oxygen atoms in total. The normalized spacial score (nSPS) is 24.0. The second-order valence-electron chi connectivity index (χ2n) is 6.66. The van der Waals surface area contributed by atoms with E-state index in [1.807, 2.05) is 26.0 Å². The number of fused-ring (bicyclic) bond motifs is 4. The van der Waals surface area contributed by atoms with E-state index in [1.54, 1.807) is 21.3 Å². The minimum Gasteiger partial charge on any atom is -0.496 e. The zero-order valence-electron chi connectivity index (χ0n) is 15.5. The number of ether oxygens (including phenoxy) is 5. The van der Waals surface area contributed by atoms with Crippen LogP contribution in [-0.2, 0) is 14.3 Å². The van der Waals surface area contributed by atoms with Crippen LogP contribution < -0.4 is 14.2 Å². The molecule has 0 amide bonds. The van der Waals surface area contributed by atoms with Crippen LogP contribution in [0, 0.1) is 6.92 Å². The molecule has 0 aromatic heterocycles. The number of hydrogen-bond acceptors (Lipinski definition) is 6. The van der Waals surface area contributed by atoms with Gasteiger partial charge in [-0.25, -0.2) is 0 Å². The molecule has 26 heavy (non-hydrogen) atoms. The zero-order valence-corrected chi connectivity index (χ0v) is 15.5. The van der Waals surface area contributed by atoms with Gasteiger partial charge in [-0.05, 0) is 25.5 Å². The fraction of sp³-hybridized carbons (Fsp3) is 0.450. The number of carbonyl (C=O) groups is 1. The molecular weight excluding hydrogens is 336 g/mol. The highest BCUT2D eigenvalue weighted by atomic mass is 16.6. The standard InChI is InChI=1S/C20H22O6/c1-9-6-7-11-15(17(9)22-3)20(24-5)16-14(18(11)23-4)10(2)25-12-8-13(21)26-19(12)16/h6-7,10,12,19H,8H2,1-5H3/t10-,12-,19+/m0/s1. The van der Waals surface area contributed by atoms with Crippen molar-refractivity contribution in [1.29, 1.82) is 0 Å². The first-order valence-corrected chi connectivity index (χ1v) is 8.61. The van der Waals surface area contributed by atoms with E-state index >= 15 is 0 Å². The molecule has 0 saturated carbocycles. The molecule has 1 fully saturated rings. The van der Waals surface area contributed by atoms with Crippen LogP contribution in [0.1, 0.15) is 42.2 Å². The fourth-order valence-electron chi connectivity index (χ4n) is 4.24. The first-order chi connectivity index (χ1) is 12.5. The van der Waals surface area contributed by atoms with E-state index in [9.17, 15) is 4.79 Å². The molecule has 0 bridgehead atoms. The lowest BCUT2D eigenvalue weighted by Crippen LogP contribution is -2.27. The minimum atomic E-state index is -0.507. The Morgan fingerprint density at radius 2 is 1.69 bits per heavy atom. The van der Waals surface area contributed by atoms with Gasteiger partial charge in [-0.1, -0.05) is 6.07 Å². The Labute approximate surface area is 151 Å². The number of esters is 1. The molecule has 0 radical (unpaired) electrons. The Hall–Kier alpha value is -2.47. The summed E-state index contributed by atoms with van der Waals surface area (Å²) in [6.07, 6.45) is -0.839. The van der Waals surface area contributed by atoms with Crippen LogP contribution >= 0.6 is 0 Å². The Kier molecular flexibility index (Phi) is 3.95. The minimum absolute atomic E-state index is 0.239. The molecule has 4 rings (SSSR count). The number of carbonyl (C=O) groups excluding carboxylic acids is 1. The molecule has 0 aliphatic carbocycles. The van der Waals surface area contributed by atoms with E-state index < -0.39 is 6.10 Å². The molecule has 6 heteroatoms. The molecule has 2 heterocycles. The summed E-state index contributed by atoms with van der Waals surface area (Å²) in [5, 5.41) is 1.70. The van der Waals surface area contributed by atoms with Crippen LogP contribution in [-0.4, -0.2) is 33.4 Å². The summed E-state index contributed by atoms with van der Waals surface area (Å²) in [6.45, 7) is 3.94. The summed E-state index contributed by atoms with van der Waals surface area (Å²) in [4.78, 5) is 11.9. The molecule has 1 saturated heterocycles. The monoisotopic (exact) mass is 358 g/mol. The van der Waals surface area contributed by atoms with Gasteiger partial charge in [0.15, 0.2) is 6.10 Å². The molecular formula is C20H22O6. The summed E-state index contributed by atoms with van der Waals surface area (Å²) in [7, 11) is 4.89. The maximum atomic E-state index is 11.9. The molecule has 2 aliphatic heterocycles. The average Bonchev–Trinajstić information content (AvgIpc) is 2.99. The Bertz CT molecular complexity index is 903. The Morgan fingerprint density at radius 1 is 1.00 bits per heavy atom. The highest BCUT2D eigenvalue weighted by molar-refractivity contribution is 6.01. The van der Waals surface area contributed by atoms with Crippen molar-refractivity contribution in [3.63, 3.8) is 0 Å². The van der Waals surface area contributed by atoms with Crippen LogP contribution in [0.4, 0.5) is 0 Å². The third-order valence-corrected chi connectivity index (χ3v) is 5.25. The lowest BCUT2D eigenvalue weighted by molar-refractivity contribution is -0.143. The molecule has 2 aromatic carbocycles. The van der Waals surface area contributed by atoms with Crippen LogP contribution in [0.3, 0.4) is 0 Å². The summed E-state index contributed by atoms with van der Waals surface area (Å²) >= 11 is 0. The molecule has 0 spiro atoms. The lowest BCUT2D eigenvalue weighted by atomic mass is 9.86. The van der Waals surface area contributed by atoms with Gasteiger partial charge in [0.05, 0.1) is 39.2 Å². The first-order valence-electron chi connectivity index (χ1n) is 8.61. The number of rotatable bonds is 3. The van der Waals surface area contributed by atoms with Crippen molar-refractivity contribution in [2.24, 2.45) is 0 Å². The van der Waals surface area contributed by atoms with Crippen molar-refractivity contribution in [3.05, 3.63) is 28.8 Å². The van der Waals surface area contributed by atoms with Gasteiger partial charge in [0.1, 0.15) is 23.4 Å². The molecule has 138 valence electrons. The maximum absolute atomic E-state index is 11.9. The van der Waals surface area contributed by atoms with Crippen molar-refractivity contribution >= 4 is 16.7 Å². The SMILES string of the molecule is COc1c2c(c(OC)c3c(OC)c(C)ccc13)[C@@H]1OC(=O)C[C@@H]1O[C@H]2C. The van der Waals surface area contributed by atoms with Gasteiger partial charge in [-0.2, -0.15) is 0 Å². The average molecular weight is 358 g/mol. The lowest BCUT2D eigenvalue weighted by Gasteiger charge is -2.34. The summed E-state index contributed by atoms with van der Waals surface area (Å²) < 4.78 is 28.9. The van der Waals surface area contributed by atoms with Crippen molar-refractivity contribution in [2.45, 2.75) is 38.6 Å². The van der Waals surface area contributed by atoms with Crippen molar-refractivity contribution < 1.29 is 28.5 Å². The quantitative estimate of drug-likeness (QED) is 0.781. The number of benzene rings is 2. The van der Waals surface area contributed by atoms with E-state index in [0.717, 1.165) is 33.2 Å².